The minimum absolute atomic E-state index is 0. The number of benzene rings is 9. The number of ether oxygens (including phenoxy) is 3. The third kappa shape index (κ3) is 35.4. The average Bonchev–Trinajstić information content (AvgIpc) is 0.895. The molecule has 1 aliphatic rings. The van der Waals surface area contributed by atoms with E-state index in [1.54, 1.807) is 41.3 Å². The van der Waals surface area contributed by atoms with Crippen molar-refractivity contribution in [1.29, 1.82) is 0 Å². The standard InChI is InChI=1S/C41H49N3O5.2C39H47N3O5.3CH4/c1-5-6-7-8-9-24-49-34-19-21-36-31(26-34)16-20-35(42-36)29-12-10-28(11-13-29)25-37(39(46)44-23-22-32(27-44)40(47)48)43-38(45)30-14-17-33(18-15-30)41(2,3)4;1-6-7-8-9-10-23-47-32-20-22-34-30(25-32)17-21-33(41-34)28-13-11-27(12-14-28)24-35(37(44)40-26(2)38(45)46)42-36(43)29-15-18-31(19-16-29)39(3,4)5;1-6-7-8-9-10-21-47-33-20-17-30-24-34(40-25-31(30)23-33)28-13-11-27(12-14-28)22-35(37(44)41-26(2)38(45)46)42-36(43)29-15-18-32(19-16-29)39(3,4)5;;;/h10-21,26,32,37H,5-9,22-25,27H2,1-4H3,(H,43,45)(H,47,48);11-22,25-26,35H,6-10,23-24H2,1-5H3,(H,40,44)(H,42,43)(H,45,46);11-20,23-26,35H,6-10,21-22H2,1-5H3,(H,41,44)(H,42,43)(H,45,46);3*1H4/t32-,37-;2*26-,35+;;;/m011.../s1. The van der Waals surface area contributed by atoms with Gasteiger partial charge in [0, 0.05) is 88.1 Å². The van der Waals surface area contributed by atoms with E-state index in [2.05, 4.69) is 121 Å². The van der Waals surface area contributed by atoms with E-state index in [9.17, 15) is 58.5 Å². The van der Waals surface area contributed by atoms with E-state index >= 15 is 0 Å². The van der Waals surface area contributed by atoms with Crippen molar-refractivity contribution in [1.82, 2.24) is 46.4 Å². The molecule has 4 heterocycles. The molecule has 3 aromatic heterocycles. The molecule has 12 aromatic rings. The van der Waals surface area contributed by atoms with E-state index < -0.39 is 77.7 Å². The lowest BCUT2D eigenvalue weighted by Crippen LogP contribution is -2.51. The van der Waals surface area contributed by atoms with Crippen molar-refractivity contribution in [3.63, 3.8) is 0 Å². The Labute approximate surface area is 864 Å². The number of fused-ring (bicyclic) bond motifs is 3. The molecule has 146 heavy (non-hydrogen) atoms. The second-order valence-electron chi connectivity index (χ2n) is 40.5. The van der Waals surface area contributed by atoms with Gasteiger partial charge < -0.3 is 61.0 Å². The van der Waals surface area contributed by atoms with Gasteiger partial charge in [0.25, 0.3) is 17.7 Å². The summed E-state index contributed by atoms with van der Waals surface area (Å²) >= 11 is 0. The van der Waals surface area contributed by atoms with Crippen LogP contribution in [0.5, 0.6) is 17.2 Å². The number of hydrogen-bond donors (Lipinski definition) is 8. The molecule has 0 spiro atoms. The highest BCUT2D eigenvalue weighted by Gasteiger charge is 2.36. The molecule has 0 aliphatic carbocycles. The summed E-state index contributed by atoms with van der Waals surface area (Å²) in [4.78, 5) is 130. The van der Waals surface area contributed by atoms with Crippen molar-refractivity contribution in [2.24, 2.45) is 5.92 Å². The summed E-state index contributed by atoms with van der Waals surface area (Å²) in [6.45, 7) is 30.9. The molecule has 6 atom stereocenters. The van der Waals surface area contributed by atoms with E-state index in [1.807, 2.05) is 194 Å². The number of nitrogens with zero attached hydrogens (tertiary/aromatic N) is 4. The Bertz CT molecular complexity index is 6020. The SMILES string of the molecule is C.C.C.CCCCCCCOc1ccc2cc(-c3ccc(C[C@H](NC(=O)c4ccc(C(C)(C)C)cc4)C(=O)N[C@H](C)C(=O)O)cc3)ncc2c1.CCCCCCCOc1ccc2nc(-c3ccc(C[C@H](NC(=O)c4ccc(C(C)(C)C)cc4)C(=O)N4CC[C@H](C(=O)O)C4)cc3)ccc2c1.CCCCCCCOc1ccc2nc(-c3ccc(C[C@H](NC(=O)c4ccc(C(C)(C)C)cc4)C(=O)N[C@H](C)C(=O)O)cc3)ccc2c1. The van der Waals surface area contributed by atoms with Crippen molar-refractivity contribution in [2.75, 3.05) is 32.9 Å². The van der Waals surface area contributed by atoms with Gasteiger partial charge >= 0.3 is 17.9 Å². The van der Waals surface area contributed by atoms with Gasteiger partial charge in [-0.05, 0) is 198 Å². The number of rotatable bonds is 44. The molecule has 1 saturated heterocycles. The van der Waals surface area contributed by atoms with Crippen LogP contribution in [0.4, 0.5) is 0 Å². The lowest BCUT2D eigenvalue weighted by molar-refractivity contribution is -0.142. The van der Waals surface area contributed by atoms with E-state index in [-0.39, 0.29) is 76.1 Å². The zero-order chi connectivity index (χ0) is 103. The van der Waals surface area contributed by atoms with E-state index in [0.29, 0.717) is 49.5 Å². The summed E-state index contributed by atoms with van der Waals surface area (Å²) in [6.07, 6.45) is 20.8. The minimum atomic E-state index is -1.16. The van der Waals surface area contributed by atoms with Crippen LogP contribution in [0.2, 0.25) is 0 Å². The normalized spacial score (nSPS) is 13.3. The average molecular weight is 1990 g/mol. The Morgan fingerprint density at radius 2 is 0.685 bits per heavy atom. The second kappa shape index (κ2) is 56.4. The van der Waals surface area contributed by atoms with Crippen LogP contribution in [0.3, 0.4) is 0 Å². The van der Waals surface area contributed by atoms with Gasteiger partial charge in [-0.2, -0.15) is 0 Å². The predicted octanol–water partition coefficient (Wildman–Crippen LogP) is 24.7. The highest BCUT2D eigenvalue weighted by molar-refractivity contribution is 6.01. The van der Waals surface area contributed by atoms with Gasteiger partial charge in [0.15, 0.2) is 0 Å². The fraction of sp³-hybridized carbons (Fsp3) is 0.410. The van der Waals surface area contributed by atoms with Gasteiger partial charge in [0.05, 0.1) is 53.9 Å². The van der Waals surface area contributed by atoms with Gasteiger partial charge in [-0.3, -0.25) is 48.1 Å². The first-order valence-corrected chi connectivity index (χ1v) is 50.6. The molecular formula is C122H155N9O15. The number of unbranched alkanes of at least 4 members (excludes halogenated alkanes) is 12. The highest BCUT2D eigenvalue weighted by Crippen LogP contribution is 2.33. The Hall–Kier alpha value is -14.2. The number of carboxylic acid groups (broad SMARTS) is 3. The molecule has 24 heteroatoms. The van der Waals surface area contributed by atoms with Crippen LogP contribution >= 0.6 is 0 Å². The third-order valence-electron chi connectivity index (χ3n) is 25.8. The smallest absolute Gasteiger partial charge is 0.325 e. The molecule has 6 amide bonds. The van der Waals surface area contributed by atoms with Crippen molar-refractivity contribution in [2.45, 2.75) is 288 Å². The van der Waals surface area contributed by atoms with Crippen LogP contribution in [0.1, 0.15) is 286 Å². The number of likely N-dealkylation sites (tertiary alicyclic amines) is 1. The number of carbonyl (C=O) groups excluding carboxylic acids is 6. The molecule has 1 fully saturated rings. The van der Waals surface area contributed by atoms with Crippen LogP contribution in [0.15, 0.2) is 237 Å². The van der Waals surface area contributed by atoms with Crippen LogP contribution in [-0.2, 0) is 64.3 Å². The summed E-state index contributed by atoms with van der Waals surface area (Å²) in [7, 11) is 0. The summed E-state index contributed by atoms with van der Waals surface area (Å²) in [5.41, 5.74) is 13.8. The maximum absolute atomic E-state index is 13.7. The lowest BCUT2D eigenvalue weighted by Gasteiger charge is -2.25. The van der Waals surface area contributed by atoms with E-state index in [0.717, 1.165) is 136 Å². The zero-order valence-electron chi connectivity index (χ0n) is 85.5. The summed E-state index contributed by atoms with van der Waals surface area (Å²) in [6, 6.07) is 68.2. The van der Waals surface area contributed by atoms with Crippen molar-refractivity contribution in [3.8, 4) is 51.0 Å². The van der Waals surface area contributed by atoms with Gasteiger partial charge in [-0.15, -0.1) is 0 Å². The number of aliphatic carboxylic acids is 3. The summed E-state index contributed by atoms with van der Waals surface area (Å²) < 4.78 is 17.9. The molecule has 0 bridgehead atoms. The van der Waals surface area contributed by atoms with Gasteiger partial charge in [0.1, 0.15) is 47.5 Å². The van der Waals surface area contributed by atoms with Crippen LogP contribution in [-0.4, -0.2) is 152 Å². The Morgan fingerprint density at radius 3 is 1.02 bits per heavy atom. The third-order valence-corrected chi connectivity index (χ3v) is 25.8. The maximum atomic E-state index is 13.7. The number of carboxylic acids is 3. The van der Waals surface area contributed by atoms with Crippen molar-refractivity contribution in [3.05, 3.63) is 287 Å². The number of aromatic nitrogens is 3. The molecule has 0 radical (unpaired) electrons. The quantitative estimate of drug-likeness (QED) is 0.0164. The predicted molar refractivity (Wildman–Crippen MR) is 588 cm³/mol. The van der Waals surface area contributed by atoms with Crippen LogP contribution in [0.25, 0.3) is 66.4 Å². The molecule has 13 rings (SSSR count). The molecular weight excluding hydrogens is 1830 g/mol. The Balaban J connectivity index is 0.000000265. The molecule has 778 valence electrons. The van der Waals surface area contributed by atoms with Gasteiger partial charge in [0.2, 0.25) is 17.7 Å². The van der Waals surface area contributed by atoms with E-state index in [4.69, 9.17) is 24.2 Å². The minimum Gasteiger partial charge on any atom is -0.494 e. The molecule has 1 aliphatic heterocycles. The van der Waals surface area contributed by atoms with Crippen LogP contribution < -0.4 is 40.8 Å². The fourth-order valence-electron chi connectivity index (χ4n) is 16.7. The summed E-state index contributed by atoms with van der Waals surface area (Å²) in [5, 5.41) is 45.8. The molecule has 8 N–H and O–H groups in total. The van der Waals surface area contributed by atoms with Crippen molar-refractivity contribution < 1.29 is 72.7 Å². The first kappa shape index (κ1) is 117. The van der Waals surface area contributed by atoms with Crippen molar-refractivity contribution >= 4 is 85.9 Å². The molecule has 24 nitrogen and oxygen atoms in total. The van der Waals surface area contributed by atoms with E-state index in [1.165, 1.54) is 90.9 Å². The molecule has 0 saturated carbocycles. The summed E-state index contributed by atoms with van der Waals surface area (Å²) in [5.74, 6) is -3.86. The maximum Gasteiger partial charge on any atom is 0.325 e. The lowest BCUT2D eigenvalue weighted by atomic mass is 9.86. The number of carbonyl (C=O) groups is 9. The molecule has 0 unspecified atom stereocenters. The Kier molecular flexibility index (Phi) is 45.2. The largest absolute Gasteiger partial charge is 0.494 e. The van der Waals surface area contributed by atoms with Crippen LogP contribution in [0, 0.1) is 5.92 Å². The molecule has 9 aromatic carbocycles. The first-order chi connectivity index (χ1) is 68.4. The Morgan fingerprint density at radius 1 is 0.363 bits per heavy atom. The number of nitrogens with one attached hydrogen (secondary N) is 5. The number of amides is 6. The number of pyridine rings is 3. The fourth-order valence-corrected chi connectivity index (χ4v) is 16.7. The second-order valence-corrected chi connectivity index (χ2v) is 40.5. The zero-order valence-corrected chi connectivity index (χ0v) is 85.5. The van der Waals surface area contributed by atoms with Gasteiger partial charge in [-0.25, -0.2) is 9.97 Å². The number of hydrogen-bond acceptors (Lipinski definition) is 15. The topological polar surface area (TPSA) is 344 Å². The highest BCUT2D eigenvalue weighted by atomic mass is 16.5. The first-order valence-electron chi connectivity index (χ1n) is 50.6. The van der Waals surface area contributed by atoms with Gasteiger partial charge in [-0.1, -0.05) is 310 Å². The monoisotopic (exact) mass is 1990 g/mol.